The number of aryl methyl sites for hydroxylation is 2. The lowest BCUT2D eigenvalue weighted by atomic mass is 10.1. The van der Waals surface area contributed by atoms with Gasteiger partial charge in [-0.05, 0) is 56.1 Å². The van der Waals surface area contributed by atoms with E-state index in [-0.39, 0.29) is 0 Å². The van der Waals surface area contributed by atoms with Crippen LogP contribution in [0.25, 0.3) is 0 Å². The van der Waals surface area contributed by atoms with Crippen molar-refractivity contribution in [1.82, 2.24) is 5.32 Å². The van der Waals surface area contributed by atoms with E-state index in [1.807, 2.05) is 18.8 Å². The van der Waals surface area contributed by atoms with E-state index >= 15 is 0 Å². The van der Waals surface area contributed by atoms with Gasteiger partial charge in [0.1, 0.15) is 0 Å². The number of hydrogen-bond acceptors (Lipinski definition) is 2. The average Bonchev–Trinajstić information content (AvgIpc) is 2.49. The second kappa shape index (κ2) is 8.83. The van der Waals surface area contributed by atoms with Gasteiger partial charge in [0.05, 0.1) is 0 Å². The molecule has 1 nitrogen and oxygen atoms in total. The van der Waals surface area contributed by atoms with Crippen molar-refractivity contribution in [3.8, 4) is 0 Å². The van der Waals surface area contributed by atoms with Crippen LogP contribution in [0.1, 0.15) is 17.5 Å². The summed E-state index contributed by atoms with van der Waals surface area (Å²) in [5.74, 6) is 1.14. The molecule has 0 fully saturated rings. The van der Waals surface area contributed by atoms with Crippen LogP contribution in [0.3, 0.4) is 0 Å². The van der Waals surface area contributed by atoms with Crippen molar-refractivity contribution in [2.75, 3.05) is 19.3 Å². The minimum absolute atomic E-state index is 1.09. The van der Waals surface area contributed by atoms with E-state index in [9.17, 15) is 0 Å². The Morgan fingerprint density at radius 3 is 2.50 bits per heavy atom. The molecule has 0 bridgehead atoms. The van der Waals surface area contributed by atoms with Crippen molar-refractivity contribution < 1.29 is 0 Å². The Morgan fingerprint density at radius 2 is 1.70 bits per heavy atom. The first-order valence-electron chi connectivity index (χ1n) is 7.29. The largest absolute Gasteiger partial charge is 0.320 e. The quantitative estimate of drug-likeness (QED) is 0.577. The van der Waals surface area contributed by atoms with Crippen molar-refractivity contribution in [2.45, 2.75) is 24.2 Å². The molecular weight excluding hydrogens is 262 g/mol. The van der Waals surface area contributed by atoms with Gasteiger partial charge in [0.25, 0.3) is 0 Å². The SMILES string of the molecule is CNCCCc1cccc(SCCc2ccccc2)c1. The molecule has 0 aliphatic rings. The highest BCUT2D eigenvalue weighted by molar-refractivity contribution is 7.99. The average molecular weight is 285 g/mol. The standard InChI is InChI=1S/C18H23NS/c1-19-13-6-10-17-9-5-11-18(15-17)20-14-12-16-7-3-2-4-8-16/h2-5,7-9,11,15,19H,6,10,12-14H2,1H3. The monoisotopic (exact) mass is 285 g/mol. The Bertz CT molecular complexity index is 496. The predicted molar refractivity (Wildman–Crippen MR) is 89.6 cm³/mol. The first-order chi connectivity index (χ1) is 9.88. The maximum absolute atomic E-state index is 3.20. The molecule has 0 aromatic heterocycles. The lowest BCUT2D eigenvalue weighted by Gasteiger charge is -2.06. The normalized spacial score (nSPS) is 10.7. The Morgan fingerprint density at radius 1 is 0.900 bits per heavy atom. The van der Waals surface area contributed by atoms with Crippen molar-refractivity contribution in [1.29, 1.82) is 0 Å². The fourth-order valence-electron chi connectivity index (χ4n) is 2.19. The molecule has 2 aromatic rings. The van der Waals surface area contributed by atoms with Crippen LogP contribution in [0.5, 0.6) is 0 Å². The Labute approximate surface area is 126 Å². The summed E-state index contributed by atoms with van der Waals surface area (Å²) < 4.78 is 0. The van der Waals surface area contributed by atoms with Gasteiger partial charge in [-0.25, -0.2) is 0 Å². The first kappa shape index (κ1) is 15.1. The van der Waals surface area contributed by atoms with Crippen LogP contribution in [-0.2, 0) is 12.8 Å². The van der Waals surface area contributed by atoms with E-state index in [2.05, 4.69) is 59.9 Å². The van der Waals surface area contributed by atoms with Gasteiger partial charge in [-0.3, -0.25) is 0 Å². The molecule has 0 saturated heterocycles. The van der Waals surface area contributed by atoms with Crippen LogP contribution in [-0.4, -0.2) is 19.3 Å². The molecule has 106 valence electrons. The minimum atomic E-state index is 1.09. The summed E-state index contributed by atoms with van der Waals surface area (Å²) in [6.45, 7) is 1.09. The zero-order chi connectivity index (χ0) is 14.0. The van der Waals surface area contributed by atoms with Gasteiger partial charge in [-0.15, -0.1) is 11.8 Å². The molecule has 0 spiro atoms. The minimum Gasteiger partial charge on any atom is -0.320 e. The topological polar surface area (TPSA) is 12.0 Å². The number of hydrogen-bond donors (Lipinski definition) is 1. The fourth-order valence-corrected chi connectivity index (χ4v) is 3.17. The number of thioether (sulfide) groups is 1. The maximum atomic E-state index is 3.20. The van der Waals surface area contributed by atoms with Gasteiger partial charge in [0, 0.05) is 10.6 Å². The first-order valence-corrected chi connectivity index (χ1v) is 8.27. The van der Waals surface area contributed by atoms with Crippen molar-refractivity contribution >= 4 is 11.8 Å². The Kier molecular flexibility index (Phi) is 6.69. The molecule has 20 heavy (non-hydrogen) atoms. The van der Waals surface area contributed by atoms with Crippen molar-refractivity contribution in [3.63, 3.8) is 0 Å². The van der Waals surface area contributed by atoms with Crippen LogP contribution in [0, 0.1) is 0 Å². The molecule has 0 amide bonds. The molecule has 2 aromatic carbocycles. The van der Waals surface area contributed by atoms with E-state index in [0.29, 0.717) is 0 Å². The molecule has 0 atom stereocenters. The second-order valence-corrected chi connectivity index (χ2v) is 6.11. The smallest absolute Gasteiger partial charge is 0.00747 e. The summed E-state index contributed by atoms with van der Waals surface area (Å²) in [6.07, 6.45) is 3.50. The lowest BCUT2D eigenvalue weighted by Crippen LogP contribution is -2.08. The lowest BCUT2D eigenvalue weighted by molar-refractivity contribution is 0.724. The summed E-state index contributed by atoms with van der Waals surface area (Å²) in [7, 11) is 2.01. The van der Waals surface area contributed by atoms with E-state index in [4.69, 9.17) is 0 Å². The maximum Gasteiger partial charge on any atom is 0.00747 e. The highest BCUT2D eigenvalue weighted by Gasteiger charge is 1.98. The van der Waals surface area contributed by atoms with Crippen LogP contribution < -0.4 is 5.32 Å². The molecule has 1 N–H and O–H groups in total. The predicted octanol–water partition coefficient (Wildman–Crippen LogP) is 4.17. The van der Waals surface area contributed by atoms with Crippen LogP contribution >= 0.6 is 11.8 Å². The summed E-state index contributed by atoms with van der Waals surface area (Å²) in [5.41, 5.74) is 2.87. The Balaban J connectivity index is 1.79. The Hall–Kier alpha value is -1.25. The van der Waals surface area contributed by atoms with Crippen LogP contribution in [0.4, 0.5) is 0 Å². The molecule has 0 aliphatic heterocycles. The molecule has 2 rings (SSSR count). The van der Waals surface area contributed by atoms with E-state index in [0.717, 1.165) is 25.1 Å². The van der Waals surface area contributed by atoms with Crippen molar-refractivity contribution in [2.24, 2.45) is 0 Å². The molecule has 2 heteroatoms. The van der Waals surface area contributed by atoms with Gasteiger partial charge < -0.3 is 5.32 Å². The van der Waals surface area contributed by atoms with Crippen LogP contribution in [0.15, 0.2) is 59.5 Å². The van der Waals surface area contributed by atoms with Gasteiger partial charge in [0.2, 0.25) is 0 Å². The number of nitrogens with one attached hydrogen (secondary N) is 1. The molecule has 0 heterocycles. The summed E-state index contributed by atoms with van der Waals surface area (Å²) in [5, 5.41) is 3.20. The van der Waals surface area contributed by atoms with Gasteiger partial charge in [0.15, 0.2) is 0 Å². The third-order valence-electron chi connectivity index (χ3n) is 3.29. The van der Waals surface area contributed by atoms with Gasteiger partial charge in [-0.2, -0.15) is 0 Å². The van der Waals surface area contributed by atoms with Crippen molar-refractivity contribution in [3.05, 3.63) is 65.7 Å². The summed E-state index contributed by atoms with van der Waals surface area (Å²) in [4.78, 5) is 1.39. The molecule has 0 unspecified atom stereocenters. The van der Waals surface area contributed by atoms with Gasteiger partial charge in [-0.1, -0.05) is 42.5 Å². The third kappa shape index (κ3) is 5.40. The summed E-state index contributed by atoms with van der Waals surface area (Å²) >= 11 is 1.95. The number of benzene rings is 2. The highest BCUT2D eigenvalue weighted by Crippen LogP contribution is 2.21. The van der Waals surface area contributed by atoms with E-state index < -0.39 is 0 Å². The summed E-state index contributed by atoms with van der Waals surface area (Å²) in [6, 6.07) is 19.7. The van der Waals surface area contributed by atoms with E-state index in [1.54, 1.807) is 0 Å². The second-order valence-electron chi connectivity index (χ2n) is 4.94. The number of rotatable bonds is 8. The van der Waals surface area contributed by atoms with Gasteiger partial charge >= 0.3 is 0 Å². The molecule has 0 radical (unpaired) electrons. The van der Waals surface area contributed by atoms with Crippen LogP contribution in [0.2, 0.25) is 0 Å². The molecular formula is C18H23NS. The van der Waals surface area contributed by atoms with E-state index in [1.165, 1.54) is 22.4 Å². The molecule has 0 aliphatic carbocycles. The fraction of sp³-hybridized carbons (Fsp3) is 0.333. The molecule has 0 saturated carbocycles. The third-order valence-corrected chi connectivity index (χ3v) is 4.29. The highest BCUT2D eigenvalue weighted by atomic mass is 32.2. The zero-order valence-electron chi connectivity index (χ0n) is 12.1. The zero-order valence-corrected chi connectivity index (χ0v) is 13.0.